The van der Waals surface area contributed by atoms with E-state index >= 15 is 0 Å². The summed E-state index contributed by atoms with van der Waals surface area (Å²) in [5, 5.41) is 12.2. The number of hydrogen-bond donors (Lipinski definition) is 2. The number of esters is 1. The maximum atomic E-state index is 13.4. The molecule has 28 heavy (non-hydrogen) atoms. The molecule has 0 radical (unpaired) electrons. The van der Waals surface area contributed by atoms with Gasteiger partial charge >= 0.3 is 5.97 Å². The molecule has 3 saturated heterocycles. The van der Waals surface area contributed by atoms with Crippen molar-refractivity contribution in [1.29, 1.82) is 0 Å². The number of hydrogen-bond acceptors (Lipinski definition) is 6. The first kappa shape index (κ1) is 21.4. The van der Waals surface area contributed by atoms with Crippen molar-refractivity contribution in [2.24, 2.45) is 11.8 Å². The lowest BCUT2D eigenvalue weighted by molar-refractivity contribution is -0.153. The number of rotatable bonds is 7. The Morgan fingerprint density at radius 2 is 2.07 bits per heavy atom. The summed E-state index contributed by atoms with van der Waals surface area (Å²) in [5.74, 6) is -1.55. The lowest BCUT2D eigenvalue weighted by Crippen LogP contribution is -2.57. The first-order chi connectivity index (χ1) is 13.2. The summed E-state index contributed by atoms with van der Waals surface area (Å²) < 4.78 is 4.72. The summed E-state index contributed by atoms with van der Waals surface area (Å²) in [6.07, 6.45) is 2.78. The topological polar surface area (TPSA) is 95.9 Å². The van der Waals surface area contributed by atoms with Gasteiger partial charge in [0.1, 0.15) is 6.04 Å². The second-order valence-electron chi connectivity index (χ2n) is 9.01. The number of nitrogens with one attached hydrogen (secondary N) is 1. The number of fused-ring (bicyclic) bond motifs is 1. The minimum absolute atomic E-state index is 0.0394. The standard InChI is InChI=1S/C20H32N2O5S/c1-5-27-18(26)13-12-8-9-20(28-12)14(13)17(25)22(10-6-7-11-23)15(20)16(24)21-19(2,3)4/h12-15,23H,5-11H2,1-4H3,(H,21,24)/t12-,13+,14-,15?,20?/m0/s1. The van der Waals surface area contributed by atoms with Gasteiger partial charge in [0, 0.05) is 23.9 Å². The van der Waals surface area contributed by atoms with E-state index in [-0.39, 0.29) is 36.2 Å². The lowest BCUT2D eigenvalue weighted by Gasteiger charge is -2.36. The van der Waals surface area contributed by atoms with E-state index < -0.39 is 28.2 Å². The van der Waals surface area contributed by atoms with Gasteiger partial charge in [-0.05, 0) is 53.4 Å². The maximum Gasteiger partial charge on any atom is 0.310 e. The highest BCUT2D eigenvalue weighted by molar-refractivity contribution is 8.02. The Labute approximate surface area is 170 Å². The molecule has 8 heteroatoms. The predicted molar refractivity (Wildman–Crippen MR) is 107 cm³/mol. The van der Waals surface area contributed by atoms with Crippen molar-refractivity contribution in [2.75, 3.05) is 19.8 Å². The highest BCUT2D eigenvalue weighted by Crippen LogP contribution is 2.66. The molecule has 158 valence electrons. The summed E-state index contributed by atoms with van der Waals surface area (Å²) in [5.41, 5.74) is -0.409. The minimum atomic E-state index is -0.586. The fourth-order valence-electron chi connectivity index (χ4n) is 5.03. The van der Waals surface area contributed by atoms with Crippen LogP contribution in [0, 0.1) is 11.8 Å². The van der Waals surface area contributed by atoms with Crippen LogP contribution in [0.3, 0.4) is 0 Å². The SMILES string of the molecule is CCOC(=O)[C@@H]1[C@@H]2CCC3(S2)C(C(=O)NC(C)(C)C)N(CCCCO)C(=O)[C@H]13. The van der Waals surface area contributed by atoms with Gasteiger partial charge in [0.15, 0.2) is 0 Å². The number of ether oxygens (including phenoxy) is 1. The largest absolute Gasteiger partial charge is 0.466 e. The smallest absolute Gasteiger partial charge is 0.310 e. The van der Waals surface area contributed by atoms with Gasteiger partial charge in [-0.2, -0.15) is 0 Å². The fraction of sp³-hybridized carbons (Fsp3) is 0.850. The summed E-state index contributed by atoms with van der Waals surface area (Å²) in [7, 11) is 0. The van der Waals surface area contributed by atoms with Gasteiger partial charge in [-0.15, -0.1) is 11.8 Å². The van der Waals surface area contributed by atoms with E-state index in [1.807, 2.05) is 20.8 Å². The van der Waals surface area contributed by atoms with Gasteiger partial charge in [-0.1, -0.05) is 0 Å². The third-order valence-electron chi connectivity index (χ3n) is 5.91. The molecule has 2 N–H and O–H groups in total. The molecule has 2 unspecified atom stereocenters. The zero-order chi connectivity index (χ0) is 20.7. The number of likely N-dealkylation sites (tertiary alicyclic amines) is 1. The van der Waals surface area contributed by atoms with Crippen molar-refractivity contribution in [2.45, 2.75) is 75.0 Å². The van der Waals surface area contributed by atoms with Gasteiger partial charge < -0.3 is 20.1 Å². The third kappa shape index (κ3) is 3.54. The fourth-order valence-corrected chi connectivity index (χ4v) is 7.24. The van der Waals surface area contributed by atoms with Gasteiger partial charge in [0.05, 0.1) is 23.2 Å². The van der Waals surface area contributed by atoms with E-state index in [2.05, 4.69) is 5.32 Å². The third-order valence-corrected chi connectivity index (χ3v) is 7.86. The molecular formula is C20H32N2O5S. The minimum Gasteiger partial charge on any atom is -0.466 e. The second kappa shape index (κ2) is 7.86. The molecule has 0 aromatic rings. The molecule has 3 aliphatic rings. The normalized spacial score (nSPS) is 33.9. The molecule has 7 nitrogen and oxygen atoms in total. The molecule has 0 saturated carbocycles. The van der Waals surface area contributed by atoms with E-state index in [0.29, 0.717) is 19.4 Å². The zero-order valence-corrected chi connectivity index (χ0v) is 18.0. The van der Waals surface area contributed by atoms with Crippen LogP contribution in [-0.2, 0) is 19.1 Å². The summed E-state index contributed by atoms with van der Waals surface area (Å²) >= 11 is 1.65. The van der Waals surface area contributed by atoms with E-state index in [4.69, 9.17) is 9.84 Å². The van der Waals surface area contributed by atoms with Gasteiger partial charge in [-0.25, -0.2) is 0 Å². The van der Waals surface area contributed by atoms with Crippen molar-refractivity contribution in [1.82, 2.24) is 10.2 Å². The Hall–Kier alpha value is -1.28. The highest BCUT2D eigenvalue weighted by atomic mass is 32.2. The van der Waals surface area contributed by atoms with E-state index in [9.17, 15) is 14.4 Å². The maximum absolute atomic E-state index is 13.4. The van der Waals surface area contributed by atoms with Gasteiger partial charge in [0.25, 0.3) is 0 Å². The average molecular weight is 413 g/mol. The number of unbranched alkanes of at least 4 members (excludes halogenated alkanes) is 1. The molecule has 3 aliphatic heterocycles. The molecule has 3 fully saturated rings. The van der Waals surface area contributed by atoms with Crippen LogP contribution in [0.4, 0.5) is 0 Å². The summed E-state index contributed by atoms with van der Waals surface area (Å²) in [6, 6.07) is -0.586. The van der Waals surface area contributed by atoms with Crippen LogP contribution in [0.2, 0.25) is 0 Å². The highest BCUT2D eigenvalue weighted by Gasteiger charge is 2.73. The first-order valence-corrected chi connectivity index (χ1v) is 11.1. The van der Waals surface area contributed by atoms with E-state index in [1.165, 1.54) is 0 Å². The van der Waals surface area contributed by atoms with Crippen molar-refractivity contribution in [3.8, 4) is 0 Å². The van der Waals surface area contributed by atoms with Crippen LogP contribution >= 0.6 is 11.8 Å². The molecule has 2 amide bonds. The van der Waals surface area contributed by atoms with Crippen LogP contribution < -0.4 is 5.32 Å². The first-order valence-electron chi connectivity index (χ1n) is 10.2. The van der Waals surface area contributed by atoms with Crippen LogP contribution in [0.25, 0.3) is 0 Å². The Balaban J connectivity index is 1.94. The monoisotopic (exact) mass is 412 g/mol. The zero-order valence-electron chi connectivity index (χ0n) is 17.2. The van der Waals surface area contributed by atoms with Crippen LogP contribution in [0.5, 0.6) is 0 Å². The number of thioether (sulfide) groups is 1. The molecule has 0 aromatic carbocycles. The Bertz CT molecular complexity index is 649. The number of amides is 2. The van der Waals surface area contributed by atoms with Crippen molar-refractivity contribution < 1.29 is 24.2 Å². The Morgan fingerprint density at radius 3 is 2.68 bits per heavy atom. The van der Waals surface area contributed by atoms with E-state index in [1.54, 1.807) is 23.6 Å². The quantitative estimate of drug-likeness (QED) is 0.484. The Morgan fingerprint density at radius 1 is 1.36 bits per heavy atom. The summed E-state index contributed by atoms with van der Waals surface area (Å²) in [4.78, 5) is 41.0. The Kier molecular flexibility index (Phi) is 6.01. The molecule has 0 aromatic heterocycles. The van der Waals surface area contributed by atoms with Crippen LogP contribution in [0.15, 0.2) is 0 Å². The molecule has 0 aliphatic carbocycles. The number of carbonyl (C=O) groups excluding carboxylic acids is 3. The van der Waals surface area contributed by atoms with Crippen molar-refractivity contribution in [3.05, 3.63) is 0 Å². The molecule has 1 spiro atoms. The molecular weight excluding hydrogens is 380 g/mol. The second-order valence-corrected chi connectivity index (χ2v) is 10.6. The molecule has 3 heterocycles. The molecule has 5 atom stereocenters. The van der Waals surface area contributed by atoms with Crippen LogP contribution in [-0.4, -0.2) is 69.1 Å². The van der Waals surface area contributed by atoms with Crippen LogP contribution in [0.1, 0.15) is 53.4 Å². The lowest BCUT2D eigenvalue weighted by atomic mass is 9.71. The molecule has 3 rings (SSSR count). The molecule has 2 bridgehead atoms. The predicted octanol–water partition coefficient (Wildman–Crippen LogP) is 1.33. The number of nitrogens with zero attached hydrogens (tertiary/aromatic N) is 1. The number of aliphatic hydroxyl groups excluding tert-OH is 1. The number of carbonyl (C=O) groups is 3. The number of aliphatic hydroxyl groups is 1. The summed E-state index contributed by atoms with van der Waals surface area (Å²) in [6.45, 7) is 8.30. The average Bonchev–Trinajstić information content (AvgIpc) is 3.21. The van der Waals surface area contributed by atoms with Gasteiger partial charge in [-0.3, -0.25) is 14.4 Å². The van der Waals surface area contributed by atoms with Gasteiger partial charge in [0.2, 0.25) is 11.8 Å². The van der Waals surface area contributed by atoms with E-state index in [0.717, 1.165) is 12.8 Å². The van der Waals surface area contributed by atoms with Crippen molar-refractivity contribution in [3.63, 3.8) is 0 Å². The van der Waals surface area contributed by atoms with Crippen molar-refractivity contribution >= 4 is 29.5 Å².